The first-order chi connectivity index (χ1) is 12.5. The Balaban J connectivity index is 1.47. The molecule has 4 rings (SSSR count). The predicted octanol–water partition coefficient (Wildman–Crippen LogP) is 3.16. The summed E-state index contributed by atoms with van der Waals surface area (Å²) in [6.45, 7) is 6.24. The zero-order valence-corrected chi connectivity index (χ0v) is 15.8. The normalized spacial score (nSPS) is 27.3. The van der Waals surface area contributed by atoms with Crippen molar-refractivity contribution < 1.29 is 4.79 Å². The Bertz CT molecular complexity index is 754. The van der Waals surface area contributed by atoms with Gasteiger partial charge in [0.25, 0.3) is 0 Å². The number of hydrogen-bond donors (Lipinski definition) is 1. The van der Waals surface area contributed by atoms with E-state index in [1.54, 1.807) is 0 Å². The molecular formula is C21H28N4O. The van der Waals surface area contributed by atoms with E-state index in [1.807, 2.05) is 13.0 Å². The minimum absolute atomic E-state index is 0.0422. The smallest absolute Gasteiger partial charge is 0.245 e. The van der Waals surface area contributed by atoms with E-state index in [4.69, 9.17) is 0 Å². The largest absolute Gasteiger partial charge is 0.369 e. The number of carbonyl (C=O) groups is 1. The number of aryl methyl sites for hydroxylation is 1. The van der Waals surface area contributed by atoms with Gasteiger partial charge >= 0.3 is 0 Å². The fourth-order valence-corrected chi connectivity index (χ4v) is 4.93. The van der Waals surface area contributed by atoms with Gasteiger partial charge in [0.05, 0.1) is 6.07 Å². The molecule has 1 aromatic carbocycles. The van der Waals surface area contributed by atoms with Gasteiger partial charge in [-0.15, -0.1) is 0 Å². The van der Waals surface area contributed by atoms with E-state index in [0.29, 0.717) is 0 Å². The number of rotatable bonds is 3. The summed E-state index contributed by atoms with van der Waals surface area (Å²) >= 11 is 0. The van der Waals surface area contributed by atoms with E-state index in [2.05, 4.69) is 40.4 Å². The van der Waals surface area contributed by atoms with Crippen LogP contribution in [0.4, 0.5) is 11.4 Å². The van der Waals surface area contributed by atoms with E-state index < -0.39 is 5.41 Å². The first kappa shape index (κ1) is 17.4. The van der Waals surface area contributed by atoms with Gasteiger partial charge in [-0.2, -0.15) is 5.26 Å². The highest BCUT2D eigenvalue weighted by molar-refractivity contribution is 6.01. The number of likely N-dealkylation sites (N-methyl/N-ethyl adjacent to an activating group) is 1. The van der Waals surface area contributed by atoms with Crippen LogP contribution in [-0.2, 0) is 4.79 Å². The SMILES string of the molecule is Cc1cc(N2CCN(C)CC2)ccc1NC(=O)[C@]1(C#N)CC12CCCC2. The molecule has 5 nitrogen and oxygen atoms in total. The molecular weight excluding hydrogens is 324 g/mol. The Morgan fingerprint density at radius 2 is 1.88 bits per heavy atom. The molecule has 26 heavy (non-hydrogen) atoms. The third-order valence-corrected chi connectivity index (χ3v) is 6.85. The fraction of sp³-hybridized carbons (Fsp3) is 0.619. The lowest BCUT2D eigenvalue weighted by Gasteiger charge is -2.34. The van der Waals surface area contributed by atoms with Gasteiger partial charge < -0.3 is 15.1 Å². The van der Waals surface area contributed by atoms with E-state index >= 15 is 0 Å². The number of nitriles is 1. The lowest BCUT2D eigenvalue weighted by molar-refractivity contribution is -0.120. The minimum atomic E-state index is -0.800. The van der Waals surface area contributed by atoms with Crippen molar-refractivity contribution in [2.45, 2.75) is 39.0 Å². The van der Waals surface area contributed by atoms with Crippen molar-refractivity contribution in [1.29, 1.82) is 5.26 Å². The molecule has 0 radical (unpaired) electrons. The summed E-state index contributed by atoms with van der Waals surface area (Å²) in [5.41, 5.74) is 2.26. The molecule has 1 aromatic rings. The summed E-state index contributed by atoms with van der Waals surface area (Å²) in [5.74, 6) is -0.0997. The van der Waals surface area contributed by atoms with Crippen LogP contribution in [0.5, 0.6) is 0 Å². The zero-order valence-electron chi connectivity index (χ0n) is 15.8. The number of nitrogens with zero attached hydrogens (tertiary/aromatic N) is 3. The molecule has 3 fully saturated rings. The number of carbonyl (C=O) groups excluding carboxylic acids is 1. The Morgan fingerprint density at radius 1 is 1.19 bits per heavy atom. The molecule has 1 aliphatic heterocycles. The first-order valence-corrected chi connectivity index (χ1v) is 9.77. The third-order valence-electron chi connectivity index (χ3n) is 6.85. The van der Waals surface area contributed by atoms with Gasteiger partial charge in [-0.1, -0.05) is 12.8 Å². The summed E-state index contributed by atoms with van der Waals surface area (Å²) < 4.78 is 0. The van der Waals surface area contributed by atoms with Crippen LogP contribution in [0.3, 0.4) is 0 Å². The van der Waals surface area contributed by atoms with Crippen LogP contribution in [0.1, 0.15) is 37.7 Å². The molecule has 0 bridgehead atoms. The highest BCUT2D eigenvalue weighted by Gasteiger charge is 2.72. The number of benzene rings is 1. The summed E-state index contributed by atoms with van der Waals surface area (Å²) in [7, 11) is 2.15. The maximum absolute atomic E-state index is 12.9. The lowest BCUT2D eigenvalue weighted by Crippen LogP contribution is -2.44. The van der Waals surface area contributed by atoms with E-state index in [-0.39, 0.29) is 11.3 Å². The number of piperazine rings is 1. The summed E-state index contributed by atoms with van der Waals surface area (Å²) in [6.07, 6.45) is 5.08. The number of hydrogen-bond acceptors (Lipinski definition) is 4. The van der Waals surface area contributed by atoms with E-state index in [9.17, 15) is 10.1 Å². The number of anilines is 2. The van der Waals surface area contributed by atoms with Gasteiger partial charge in [0.2, 0.25) is 5.91 Å². The molecule has 2 aliphatic carbocycles. The molecule has 3 aliphatic rings. The average Bonchev–Trinajstić information content (AvgIpc) is 3.03. The molecule has 1 amide bonds. The molecule has 1 spiro atoms. The molecule has 0 unspecified atom stereocenters. The van der Waals surface area contributed by atoms with Gasteiger partial charge in [-0.25, -0.2) is 0 Å². The standard InChI is InChI=1S/C21H28N4O/c1-16-13-17(25-11-9-24(2)10-12-25)5-6-18(16)23-19(26)21(15-22)14-20(21)7-3-4-8-20/h5-6,13H,3-4,7-12,14H2,1-2H3,(H,23,26)/t21-/m1/s1. The highest BCUT2D eigenvalue weighted by atomic mass is 16.2. The number of nitrogens with one attached hydrogen (secondary N) is 1. The van der Waals surface area contributed by atoms with Crippen LogP contribution in [0.15, 0.2) is 18.2 Å². The maximum Gasteiger partial charge on any atom is 0.245 e. The number of amides is 1. The fourth-order valence-electron chi connectivity index (χ4n) is 4.93. The predicted molar refractivity (Wildman–Crippen MR) is 103 cm³/mol. The Morgan fingerprint density at radius 3 is 2.50 bits per heavy atom. The van der Waals surface area contributed by atoms with Gasteiger partial charge in [0.1, 0.15) is 5.41 Å². The second kappa shape index (κ2) is 6.28. The van der Waals surface area contributed by atoms with Crippen molar-refractivity contribution in [1.82, 2.24) is 4.90 Å². The molecule has 2 saturated carbocycles. The Hall–Kier alpha value is -2.06. The minimum Gasteiger partial charge on any atom is -0.369 e. The molecule has 1 saturated heterocycles. The van der Waals surface area contributed by atoms with Crippen molar-refractivity contribution in [2.75, 3.05) is 43.4 Å². The van der Waals surface area contributed by atoms with Crippen molar-refractivity contribution in [3.05, 3.63) is 23.8 Å². The molecule has 1 atom stereocenters. The topological polar surface area (TPSA) is 59.4 Å². The van der Waals surface area contributed by atoms with Crippen LogP contribution >= 0.6 is 0 Å². The highest BCUT2D eigenvalue weighted by Crippen LogP contribution is 2.71. The van der Waals surface area contributed by atoms with Crippen molar-refractivity contribution >= 4 is 17.3 Å². The summed E-state index contributed by atoms with van der Waals surface area (Å²) in [6, 6.07) is 8.60. The Kier molecular flexibility index (Phi) is 4.19. The summed E-state index contributed by atoms with van der Waals surface area (Å²) in [4.78, 5) is 17.6. The van der Waals surface area contributed by atoms with E-state index in [0.717, 1.165) is 69.5 Å². The molecule has 5 heteroatoms. The summed E-state index contributed by atoms with van der Waals surface area (Å²) in [5, 5.41) is 12.8. The van der Waals surface area contributed by atoms with Crippen LogP contribution in [-0.4, -0.2) is 44.0 Å². The average molecular weight is 352 g/mol. The van der Waals surface area contributed by atoms with Gasteiger partial charge in [0.15, 0.2) is 0 Å². The first-order valence-electron chi connectivity index (χ1n) is 9.77. The van der Waals surface area contributed by atoms with Crippen molar-refractivity contribution in [3.63, 3.8) is 0 Å². The molecule has 138 valence electrons. The maximum atomic E-state index is 12.9. The quantitative estimate of drug-likeness (QED) is 0.908. The van der Waals surface area contributed by atoms with Gasteiger partial charge in [-0.05, 0) is 57.0 Å². The molecule has 1 heterocycles. The second-order valence-electron chi connectivity index (χ2n) is 8.43. The Labute approximate surface area is 156 Å². The second-order valence-corrected chi connectivity index (χ2v) is 8.43. The van der Waals surface area contributed by atoms with Crippen LogP contribution < -0.4 is 10.2 Å². The van der Waals surface area contributed by atoms with Crippen LogP contribution in [0.2, 0.25) is 0 Å². The third kappa shape index (κ3) is 2.68. The monoisotopic (exact) mass is 352 g/mol. The van der Waals surface area contributed by atoms with Crippen molar-refractivity contribution in [3.8, 4) is 6.07 Å². The van der Waals surface area contributed by atoms with Crippen LogP contribution in [0, 0.1) is 29.1 Å². The zero-order chi connectivity index (χ0) is 18.4. The molecule has 1 N–H and O–H groups in total. The van der Waals surface area contributed by atoms with Gasteiger partial charge in [0, 0.05) is 43.0 Å². The van der Waals surface area contributed by atoms with Crippen LogP contribution in [0.25, 0.3) is 0 Å². The van der Waals surface area contributed by atoms with Crippen molar-refractivity contribution in [2.24, 2.45) is 10.8 Å². The molecule has 0 aromatic heterocycles. The van der Waals surface area contributed by atoms with E-state index in [1.165, 1.54) is 5.69 Å². The lowest BCUT2D eigenvalue weighted by atomic mass is 9.91. The van der Waals surface area contributed by atoms with Gasteiger partial charge in [-0.3, -0.25) is 4.79 Å².